The Hall–Kier alpha value is -2.37. The van der Waals surface area contributed by atoms with Crippen LogP contribution < -0.4 is 4.74 Å². The first kappa shape index (κ1) is 15.0. The predicted octanol–water partition coefficient (Wildman–Crippen LogP) is 4.26. The molecule has 0 saturated heterocycles. The van der Waals surface area contributed by atoms with Gasteiger partial charge >= 0.3 is 6.36 Å². The number of ether oxygens (including phenoxy) is 1. The Bertz CT molecular complexity index is 678. The van der Waals surface area contributed by atoms with Crippen LogP contribution >= 0.6 is 0 Å². The van der Waals surface area contributed by atoms with Crippen molar-refractivity contribution in [2.24, 2.45) is 0 Å². The van der Waals surface area contributed by atoms with Crippen LogP contribution in [-0.4, -0.2) is 12.1 Å². The monoisotopic (exact) mass is 298 g/mol. The molecule has 0 amide bonds. The number of carbonyl (C=O) groups excluding carboxylic acids is 1. The lowest BCUT2D eigenvalue weighted by Gasteiger charge is -2.13. The molecule has 2 aromatic carbocycles. The molecular formula is C15H10F4O2. The van der Waals surface area contributed by atoms with E-state index in [0.29, 0.717) is 0 Å². The smallest absolute Gasteiger partial charge is 0.405 e. The summed E-state index contributed by atoms with van der Waals surface area (Å²) in [6, 6.07) is 8.98. The number of rotatable bonds is 3. The molecule has 0 N–H and O–H groups in total. The molecule has 2 aromatic rings. The molecule has 0 aliphatic carbocycles. The van der Waals surface area contributed by atoms with Crippen LogP contribution in [-0.2, 0) is 0 Å². The molecule has 2 rings (SSSR count). The summed E-state index contributed by atoms with van der Waals surface area (Å²) in [5.74, 6) is -2.28. The summed E-state index contributed by atoms with van der Waals surface area (Å²) in [7, 11) is 0. The van der Waals surface area contributed by atoms with Gasteiger partial charge in [-0.2, -0.15) is 0 Å². The lowest BCUT2D eigenvalue weighted by Crippen LogP contribution is -2.19. The van der Waals surface area contributed by atoms with Crippen molar-refractivity contribution in [2.45, 2.75) is 13.3 Å². The Kier molecular flexibility index (Phi) is 3.97. The second-order valence-electron chi connectivity index (χ2n) is 4.31. The topological polar surface area (TPSA) is 26.3 Å². The number of benzene rings is 2. The average Bonchev–Trinajstić information content (AvgIpc) is 2.40. The number of halogens is 4. The molecule has 0 aliphatic rings. The number of hydrogen-bond donors (Lipinski definition) is 0. The molecule has 0 unspecified atom stereocenters. The van der Waals surface area contributed by atoms with Gasteiger partial charge in [0.25, 0.3) is 0 Å². The molecule has 0 aliphatic heterocycles. The zero-order chi connectivity index (χ0) is 15.6. The Labute approximate surface area is 118 Å². The Morgan fingerprint density at radius 1 is 1.00 bits per heavy atom. The van der Waals surface area contributed by atoms with Gasteiger partial charge in [-0.15, -0.1) is 13.2 Å². The van der Waals surface area contributed by atoms with Crippen LogP contribution in [0.1, 0.15) is 21.5 Å². The molecule has 2 nitrogen and oxygen atoms in total. The number of ketones is 1. The van der Waals surface area contributed by atoms with E-state index in [1.54, 1.807) is 0 Å². The lowest BCUT2D eigenvalue weighted by atomic mass is 10.00. The summed E-state index contributed by atoms with van der Waals surface area (Å²) in [6.45, 7) is 1.46. The SMILES string of the molecule is Cc1cccc(C(=O)c2ccccc2OC(F)(F)F)c1F. The van der Waals surface area contributed by atoms with Gasteiger partial charge in [0, 0.05) is 0 Å². The Morgan fingerprint density at radius 3 is 2.29 bits per heavy atom. The summed E-state index contributed by atoms with van der Waals surface area (Å²) in [6.07, 6.45) is -4.93. The van der Waals surface area contributed by atoms with E-state index in [-0.39, 0.29) is 16.7 Å². The predicted molar refractivity (Wildman–Crippen MR) is 67.7 cm³/mol. The van der Waals surface area contributed by atoms with E-state index < -0.39 is 23.7 Å². The van der Waals surface area contributed by atoms with Gasteiger partial charge in [-0.05, 0) is 30.7 Å². The van der Waals surface area contributed by atoms with Gasteiger partial charge in [-0.3, -0.25) is 4.79 Å². The second-order valence-corrected chi connectivity index (χ2v) is 4.31. The minimum absolute atomic E-state index is 0.232. The molecule has 0 saturated carbocycles. The van der Waals surface area contributed by atoms with Crippen molar-refractivity contribution < 1.29 is 27.1 Å². The highest BCUT2D eigenvalue weighted by atomic mass is 19.4. The van der Waals surface area contributed by atoms with Gasteiger partial charge in [0.15, 0.2) is 5.78 Å². The van der Waals surface area contributed by atoms with Crippen molar-refractivity contribution in [2.75, 3.05) is 0 Å². The molecule has 6 heteroatoms. The van der Waals surface area contributed by atoms with E-state index >= 15 is 0 Å². The summed E-state index contributed by atoms with van der Waals surface area (Å²) >= 11 is 0. The standard InChI is InChI=1S/C15H10F4O2/c1-9-5-4-7-11(13(9)16)14(20)10-6-2-3-8-12(10)21-15(17,18)19/h2-8H,1H3. The van der Waals surface area contributed by atoms with Crippen LogP contribution in [0.4, 0.5) is 17.6 Å². The first-order chi connectivity index (χ1) is 9.79. The maximum atomic E-state index is 13.9. The molecule has 0 fully saturated rings. The fraction of sp³-hybridized carbons (Fsp3) is 0.133. The normalized spacial score (nSPS) is 11.3. The third kappa shape index (κ3) is 3.39. The van der Waals surface area contributed by atoms with Crippen LogP contribution in [0, 0.1) is 12.7 Å². The van der Waals surface area contributed by atoms with E-state index in [4.69, 9.17) is 0 Å². The van der Waals surface area contributed by atoms with Crippen molar-refractivity contribution in [1.29, 1.82) is 0 Å². The van der Waals surface area contributed by atoms with Crippen molar-refractivity contribution in [1.82, 2.24) is 0 Å². The van der Waals surface area contributed by atoms with Crippen LogP contribution in [0.5, 0.6) is 5.75 Å². The van der Waals surface area contributed by atoms with Gasteiger partial charge in [0.05, 0.1) is 11.1 Å². The van der Waals surface area contributed by atoms with E-state index in [1.807, 2.05) is 0 Å². The van der Waals surface area contributed by atoms with Crippen LogP contribution in [0.25, 0.3) is 0 Å². The fourth-order valence-corrected chi connectivity index (χ4v) is 1.84. The fourth-order valence-electron chi connectivity index (χ4n) is 1.84. The van der Waals surface area contributed by atoms with E-state index in [0.717, 1.165) is 12.1 Å². The summed E-state index contributed by atoms with van der Waals surface area (Å²) in [5.41, 5.74) is -0.414. The molecule has 0 heterocycles. The number of aryl methyl sites for hydroxylation is 1. The Balaban J connectivity index is 2.47. The maximum Gasteiger partial charge on any atom is 0.573 e. The largest absolute Gasteiger partial charge is 0.573 e. The summed E-state index contributed by atoms with van der Waals surface area (Å²) < 4.78 is 54.7. The van der Waals surface area contributed by atoms with Crippen LogP contribution in [0.3, 0.4) is 0 Å². The highest BCUT2D eigenvalue weighted by molar-refractivity contribution is 6.11. The average molecular weight is 298 g/mol. The molecule has 0 aromatic heterocycles. The summed E-state index contributed by atoms with van der Waals surface area (Å²) in [4.78, 5) is 12.2. The third-order valence-corrected chi connectivity index (χ3v) is 2.79. The van der Waals surface area contributed by atoms with Crippen molar-refractivity contribution in [3.8, 4) is 5.75 Å². The van der Waals surface area contributed by atoms with Crippen molar-refractivity contribution in [3.05, 3.63) is 65.0 Å². The molecule has 0 radical (unpaired) electrons. The second kappa shape index (κ2) is 5.55. The van der Waals surface area contributed by atoms with E-state index in [9.17, 15) is 22.4 Å². The zero-order valence-electron chi connectivity index (χ0n) is 10.9. The number of carbonyl (C=O) groups is 1. The maximum absolute atomic E-state index is 13.9. The van der Waals surface area contributed by atoms with Crippen LogP contribution in [0.2, 0.25) is 0 Å². The molecule has 21 heavy (non-hydrogen) atoms. The van der Waals surface area contributed by atoms with E-state index in [2.05, 4.69) is 4.74 Å². The van der Waals surface area contributed by atoms with E-state index in [1.165, 1.54) is 37.3 Å². The third-order valence-electron chi connectivity index (χ3n) is 2.79. The van der Waals surface area contributed by atoms with Gasteiger partial charge in [-0.25, -0.2) is 4.39 Å². The molecule has 0 bridgehead atoms. The van der Waals surface area contributed by atoms with Gasteiger partial charge in [-0.1, -0.05) is 24.3 Å². The minimum atomic E-state index is -4.93. The molecule has 0 spiro atoms. The van der Waals surface area contributed by atoms with Gasteiger partial charge < -0.3 is 4.74 Å². The highest BCUT2D eigenvalue weighted by Crippen LogP contribution is 2.28. The molecule has 0 atom stereocenters. The number of hydrogen-bond acceptors (Lipinski definition) is 2. The van der Waals surface area contributed by atoms with Crippen molar-refractivity contribution in [3.63, 3.8) is 0 Å². The van der Waals surface area contributed by atoms with Crippen LogP contribution in [0.15, 0.2) is 42.5 Å². The Morgan fingerprint density at radius 2 is 1.62 bits per heavy atom. The highest BCUT2D eigenvalue weighted by Gasteiger charge is 2.33. The first-order valence-corrected chi connectivity index (χ1v) is 5.94. The number of alkyl halides is 3. The molecular weight excluding hydrogens is 288 g/mol. The lowest BCUT2D eigenvalue weighted by molar-refractivity contribution is -0.274. The quantitative estimate of drug-likeness (QED) is 0.625. The van der Waals surface area contributed by atoms with Gasteiger partial charge in [0.1, 0.15) is 11.6 Å². The minimum Gasteiger partial charge on any atom is -0.405 e. The zero-order valence-corrected chi connectivity index (χ0v) is 10.9. The van der Waals surface area contributed by atoms with Gasteiger partial charge in [0.2, 0.25) is 0 Å². The summed E-state index contributed by atoms with van der Waals surface area (Å²) in [5, 5.41) is 0. The molecule has 110 valence electrons. The van der Waals surface area contributed by atoms with Crippen molar-refractivity contribution >= 4 is 5.78 Å². The number of para-hydroxylation sites is 1. The first-order valence-electron chi connectivity index (χ1n) is 5.94.